The van der Waals surface area contributed by atoms with Crippen molar-refractivity contribution in [2.75, 3.05) is 6.61 Å². The molecule has 0 atom stereocenters. The molecular formula is C10H23Br2OSiZn. The Morgan fingerprint density at radius 3 is 1.93 bits per heavy atom. The summed E-state index contributed by atoms with van der Waals surface area (Å²) in [5.41, 5.74) is 0. The van der Waals surface area contributed by atoms with Gasteiger partial charge in [-0.1, -0.05) is 34.1 Å². The van der Waals surface area contributed by atoms with Crippen LogP contribution in [-0.4, -0.2) is 14.9 Å². The van der Waals surface area contributed by atoms with Crippen molar-refractivity contribution in [1.82, 2.24) is 0 Å². The fraction of sp³-hybridized carbons (Fsp3) is 0.900. The first kappa shape index (κ1) is 19.1. The molecular weight excluding hydrogens is 389 g/mol. The third-order valence-corrected chi connectivity index (χ3v) is 7.20. The standard InChI is InChI=1S/C10H23OSi.2BrH.Zn/c1-7-8-9-11-12(5,6)10(2,3)4;;;/h1,7-9H2,2-6H3;2*1H;/q;;;+2/p-2. The second-order valence-corrected chi connectivity index (χ2v) is 23.8. The van der Waals surface area contributed by atoms with E-state index in [4.69, 9.17) is 4.43 Å². The second-order valence-electron chi connectivity index (χ2n) is 4.92. The smallest absolute Gasteiger partial charge is 0.191 e. The van der Waals surface area contributed by atoms with Gasteiger partial charge in [-0.25, -0.2) is 0 Å². The predicted molar refractivity (Wildman–Crippen MR) is 75.6 cm³/mol. The van der Waals surface area contributed by atoms with Crippen LogP contribution in [0.1, 0.15) is 33.6 Å². The zero-order valence-electron chi connectivity index (χ0n) is 10.7. The van der Waals surface area contributed by atoms with E-state index in [0.717, 1.165) is 19.4 Å². The Labute approximate surface area is 118 Å². The fourth-order valence-electron chi connectivity index (χ4n) is 0.646. The van der Waals surface area contributed by atoms with Crippen LogP contribution in [0.2, 0.25) is 18.1 Å². The molecule has 0 bridgehead atoms. The van der Waals surface area contributed by atoms with Gasteiger partial charge in [0.1, 0.15) is 0 Å². The van der Waals surface area contributed by atoms with Gasteiger partial charge in [0.2, 0.25) is 0 Å². The number of halogens is 2. The molecule has 0 saturated heterocycles. The van der Waals surface area contributed by atoms with E-state index in [0.29, 0.717) is 5.04 Å². The molecule has 1 radical (unpaired) electrons. The van der Waals surface area contributed by atoms with Gasteiger partial charge >= 0.3 is 40.5 Å². The van der Waals surface area contributed by atoms with Gasteiger partial charge in [0.25, 0.3) is 0 Å². The van der Waals surface area contributed by atoms with Gasteiger partial charge in [-0.3, -0.25) is 0 Å². The molecule has 0 spiro atoms. The normalized spacial score (nSPS) is 11.5. The van der Waals surface area contributed by atoms with Gasteiger partial charge in [0.05, 0.1) is 0 Å². The zero-order chi connectivity index (χ0) is 12.5. The average Bonchev–Trinajstić information content (AvgIpc) is 2.03. The largest absolute Gasteiger partial charge is 0.417 e. The molecule has 0 fully saturated rings. The summed E-state index contributed by atoms with van der Waals surface area (Å²) >= 11 is 6.25. The van der Waals surface area contributed by atoms with E-state index in [1.807, 2.05) is 0 Å². The summed E-state index contributed by atoms with van der Waals surface area (Å²) in [5, 5.41) is 0.341. The van der Waals surface area contributed by atoms with Crippen LogP contribution in [-0.2, 0) is 17.6 Å². The minimum Gasteiger partial charge on any atom is -0.417 e. The maximum absolute atomic E-state index is 5.93. The Morgan fingerprint density at radius 2 is 1.67 bits per heavy atom. The van der Waals surface area contributed by atoms with Gasteiger partial charge in [-0.05, 0) is 24.6 Å². The molecule has 0 amide bonds. The van der Waals surface area contributed by atoms with E-state index in [1.54, 1.807) is 0 Å². The van der Waals surface area contributed by atoms with E-state index < -0.39 is 8.32 Å². The summed E-state index contributed by atoms with van der Waals surface area (Å²) in [6, 6.07) is 0. The van der Waals surface area contributed by atoms with Crippen LogP contribution in [0.3, 0.4) is 0 Å². The molecule has 0 aliphatic rings. The van der Waals surface area contributed by atoms with Crippen molar-refractivity contribution >= 4 is 35.6 Å². The molecule has 0 aromatic rings. The maximum atomic E-state index is 5.93. The number of rotatable bonds is 4. The van der Waals surface area contributed by atoms with Crippen molar-refractivity contribution in [2.24, 2.45) is 0 Å². The van der Waals surface area contributed by atoms with Crippen molar-refractivity contribution in [3.8, 4) is 0 Å². The van der Waals surface area contributed by atoms with Crippen LogP contribution in [0.25, 0.3) is 0 Å². The average molecular weight is 413 g/mol. The summed E-state index contributed by atoms with van der Waals surface area (Å²) in [5.74, 6) is 0. The van der Waals surface area contributed by atoms with Crippen LogP contribution >= 0.6 is 27.2 Å². The molecule has 0 aromatic carbocycles. The van der Waals surface area contributed by atoms with Gasteiger partial charge in [0.15, 0.2) is 8.32 Å². The SMILES string of the molecule is [Br][Zn][Br].[CH2]CCCO[Si](C)(C)C(C)(C)C. The van der Waals surface area contributed by atoms with Gasteiger partial charge < -0.3 is 4.43 Å². The Balaban J connectivity index is 0. The third kappa shape index (κ3) is 10.6. The van der Waals surface area contributed by atoms with Gasteiger partial charge in [0, 0.05) is 6.61 Å². The van der Waals surface area contributed by atoms with E-state index in [1.165, 1.54) is 0 Å². The van der Waals surface area contributed by atoms with Crippen LogP contribution < -0.4 is 0 Å². The fourth-order valence-corrected chi connectivity index (χ4v) is 1.73. The quantitative estimate of drug-likeness (QED) is 0.449. The molecule has 0 unspecified atom stereocenters. The van der Waals surface area contributed by atoms with E-state index in [9.17, 15) is 0 Å². The van der Waals surface area contributed by atoms with Crippen molar-refractivity contribution in [3.63, 3.8) is 0 Å². The number of hydrogen-bond acceptors (Lipinski definition) is 1. The summed E-state index contributed by atoms with van der Waals surface area (Å²) < 4.78 is 5.93. The second kappa shape index (κ2) is 9.76. The summed E-state index contributed by atoms with van der Waals surface area (Å²) in [6.45, 7) is 16.1. The van der Waals surface area contributed by atoms with Gasteiger partial charge in [-0.2, -0.15) is 0 Å². The Kier molecular flexibility index (Phi) is 12.4. The first-order valence-electron chi connectivity index (χ1n) is 5.28. The molecule has 0 heterocycles. The first-order valence-corrected chi connectivity index (χ1v) is 22.1. The molecule has 15 heavy (non-hydrogen) atoms. The van der Waals surface area contributed by atoms with E-state index in [-0.39, 0.29) is 13.2 Å². The molecule has 5 heteroatoms. The van der Waals surface area contributed by atoms with Crippen LogP contribution in [0.4, 0.5) is 0 Å². The zero-order valence-corrected chi connectivity index (χ0v) is 17.8. The minimum atomic E-state index is -1.47. The van der Waals surface area contributed by atoms with Gasteiger partial charge in [-0.15, -0.1) is 0 Å². The Bertz CT molecular complexity index is 149. The summed E-state index contributed by atoms with van der Waals surface area (Å²) in [6.07, 6.45) is 2.07. The van der Waals surface area contributed by atoms with Crippen molar-refractivity contribution in [3.05, 3.63) is 6.92 Å². The van der Waals surface area contributed by atoms with Crippen molar-refractivity contribution in [1.29, 1.82) is 0 Å². The summed E-state index contributed by atoms with van der Waals surface area (Å²) in [7, 11) is -1.47. The minimum absolute atomic E-state index is 0.250. The molecule has 0 N–H and O–H groups in total. The summed E-state index contributed by atoms with van der Waals surface area (Å²) in [4.78, 5) is 0. The molecule has 0 rings (SSSR count). The third-order valence-electron chi connectivity index (χ3n) is 2.66. The Hall–Kier alpha value is 1.76. The first-order chi connectivity index (χ1) is 6.72. The van der Waals surface area contributed by atoms with Crippen molar-refractivity contribution < 1.29 is 17.6 Å². The molecule has 89 valence electrons. The van der Waals surface area contributed by atoms with Crippen LogP contribution in [0.5, 0.6) is 0 Å². The number of hydrogen-bond donors (Lipinski definition) is 0. The molecule has 1 nitrogen and oxygen atoms in total. The Morgan fingerprint density at radius 1 is 1.27 bits per heavy atom. The van der Waals surface area contributed by atoms with E-state index in [2.05, 4.69) is 68.0 Å². The maximum Gasteiger partial charge on any atom is 0.191 e. The molecule has 0 saturated carbocycles. The predicted octanol–water partition coefficient (Wildman–Crippen LogP) is 5.31. The van der Waals surface area contributed by atoms with Crippen molar-refractivity contribution in [2.45, 2.75) is 51.7 Å². The van der Waals surface area contributed by atoms with Crippen LogP contribution in [0, 0.1) is 6.92 Å². The topological polar surface area (TPSA) is 9.23 Å². The molecule has 0 aromatic heterocycles. The van der Waals surface area contributed by atoms with E-state index >= 15 is 0 Å². The molecule has 0 aliphatic carbocycles. The molecule has 0 aliphatic heterocycles. The monoisotopic (exact) mass is 409 g/mol. The number of unbranched alkanes of at least 4 members (excludes halogenated alkanes) is 1. The van der Waals surface area contributed by atoms with Crippen LogP contribution in [0.15, 0.2) is 0 Å².